The minimum atomic E-state index is -0.461. The normalized spacial score (nSPS) is 16.9. The molecule has 1 aliphatic heterocycles. The highest BCUT2D eigenvalue weighted by atomic mass is 35.5. The fourth-order valence-electron chi connectivity index (χ4n) is 2.23. The lowest BCUT2D eigenvalue weighted by atomic mass is 10.1. The number of piperidine rings is 1. The maximum absolute atomic E-state index is 12.0. The van der Waals surface area contributed by atoms with Crippen molar-refractivity contribution in [2.75, 3.05) is 13.1 Å². The maximum atomic E-state index is 12.0. The molecule has 5 heteroatoms. The number of halogens is 1. The van der Waals surface area contributed by atoms with Crippen molar-refractivity contribution in [3.8, 4) is 5.75 Å². The summed E-state index contributed by atoms with van der Waals surface area (Å²) in [5, 5.41) is 6.33. The highest BCUT2D eigenvalue weighted by Crippen LogP contribution is 2.14. The van der Waals surface area contributed by atoms with Crippen molar-refractivity contribution in [1.29, 1.82) is 0 Å². The summed E-state index contributed by atoms with van der Waals surface area (Å²) in [6.45, 7) is 5.74. The van der Waals surface area contributed by atoms with E-state index in [1.54, 1.807) is 6.92 Å². The third kappa shape index (κ3) is 5.02. The highest BCUT2D eigenvalue weighted by molar-refractivity contribution is 5.85. The van der Waals surface area contributed by atoms with Crippen molar-refractivity contribution < 1.29 is 9.53 Å². The van der Waals surface area contributed by atoms with Gasteiger partial charge in [0, 0.05) is 6.04 Å². The van der Waals surface area contributed by atoms with Crippen molar-refractivity contribution in [2.45, 2.75) is 38.8 Å². The summed E-state index contributed by atoms with van der Waals surface area (Å²) in [5.74, 6) is 0.710. The summed E-state index contributed by atoms with van der Waals surface area (Å²) in [6.07, 6.45) is 1.52. The Kier molecular flexibility index (Phi) is 6.82. The SMILES string of the molecule is Cc1cccc(OC(C)C(=O)NC2CCNCC2)c1.Cl. The van der Waals surface area contributed by atoms with Gasteiger partial charge in [0.05, 0.1) is 0 Å². The van der Waals surface area contributed by atoms with Crippen molar-refractivity contribution in [3.05, 3.63) is 29.8 Å². The van der Waals surface area contributed by atoms with Crippen LogP contribution in [-0.2, 0) is 4.79 Å². The lowest BCUT2D eigenvalue weighted by Crippen LogP contribution is -2.46. The predicted octanol–water partition coefficient (Wildman–Crippen LogP) is 2.05. The van der Waals surface area contributed by atoms with Gasteiger partial charge < -0.3 is 15.4 Å². The quantitative estimate of drug-likeness (QED) is 0.894. The predicted molar refractivity (Wildman–Crippen MR) is 82.6 cm³/mol. The molecule has 1 amide bonds. The summed E-state index contributed by atoms with van der Waals surface area (Å²) in [4.78, 5) is 12.0. The van der Waals surface area contributed by atoms with Crippen LogP contribution < -0.4 is 15.4 Å². The van der Waals surface area contributed by atoms with E-state index in [4.69, 9.17) is 4.74 Å². The summed E-state index contributed by atoms with van der Waals surface area (Å²) in [5.41, 5.74) is 1.13. The lowest BCUT2D eigenvalue weighted by molar-refractivity contribution is -0.128. The van der Waals surface area contributed by atoms with E-state index in [-0.39, 0.29) is 24.4 Å². The molecule has 1 aromatic rings. The second kappa shape index (κ2) is 8.12. The van der Waals surface area contributed by atoms with Crippen molar-refractivity contribution >= 4 is 18.3 Å². The van der Waals surface area contributed by atoms with Crippen LogP contribution in [0.3, 0.4) is 0 Å². The molecule has 0 bridgehead atoms. The van der Waals surface area contributed by atoms with Crippen LogP contribution >= 0.6 is 12.4 Å². The van der Waals surface area contributed by atoms with Gasteiger partial charge in [-0.2, -0.15) is 0 Å². The summed E-state index contributed by atoms with van der Waals surface area (Å²) < 4.78 is 5.67. The van der Waals surface area contributed by atoms with Gasteiger partial charge in [0.15, 0.2) is 6.10 Å². The summed E-state index contributed by atoms with van der Waals surface area (Å²) in [6, 6.07) is 8.03. The zero-order chi connectivity index (χ0) is 13.7. The molecule has 1 saturated heterocycles. The monoisotopic (exact) mass is 298 g/mol. The number of amides is 1. The molecule has 4 nitrogen and oxygen atoms in total. The van der Waals surface area contributed by atoms with Gasteiger partial charge in [-0.1, -0.05) is 12.1 Å². The molecule has 1 fully saturated rings. The largest absolute Gasteiger partial charge is 0.481 e. The topological polar surface area (TPSA) is 50.4 Å². The first-order chi connectivity index (χ1) is 9.15. The Balaban J connectivity index is 0.00000200. The van der Waals surface area contributed by atoms with Crippen LogP contribution in [0.25, 0.3) is 0 Å². The van der Waals surface area contributed by atoms with E-state index >= 15 is 0 Å². The minimum absolute atomic E-state index is 0. The molecular weight excluding hydrogens is 276 g/mol. The van der Waals surface area contributed by atoms with E-state index in [1.807, 2.05) is 31.2 Å². The van der Waals surface area contributed by atoms with Crippen LogP contribution in [0.1, 0.15) is 25.3 Å². The van der Waals surface area contributed by atoms with Gasteiger partial charge in [-0.3, -0.25) is 4.79 Å². The van der Waals surface area contributed by atoms with Crippen LogP contribution in [0, 0.1) is 6.92 Å². The molecule has 0 radical (unpaired) electrons. The Morgan fingerprint density at radius 3 is 2.75 bits per heavy atom. The number of carbonyl (C=O) groups is 1. The molecule has 1 aromatic carbocycles. The van der Waals surface area contributed by atoms with E-state index in [2.05, 4.69) is 10.6 Å². The standard InChI is InChI=1S/C15H22N2O2.ClH/c1-11-4-3-5-14(10-11)19-12(2)15(18)17-13-6-8-16-9-7-13;/h3-5,10,12-13,16H,6-9H2,1-2H3,(H,17,18);1H. The third-order valence-corrected chi connectivity index (χ3v) is 3.36. The van der Waals surface area contributed by atoms with Gasteiger partial charge in [-0.15, -0.1) is 12.4 Å². The van der Waals surface area contributed by atoms with Crippen LogP contribution in [0.15, 0.2) is 24.3 Å². The van der Waals surface area contributed by atoms with Gasteiger partial charge in [-0.05, 0) is 57.5 Å². The van der Waals surface area contributed by atoms with Gasteiger partial charge >= 0.3 is 0 Å². The molecule has 0 aromatic heterocycles. The van der Waals surface area contributed by atoms with Crippen LogP contribution in [0.5, 0.6) is 5.75 Å². The van der Waals surface area contributed by atoms with E-state index in [1.165, 1.54) is 0 Å². The molecular formula is C15H23ClN2O2. The average Bonchev–Trinajstić information content (AvgIpc) is 2.40. The summed E-state index contributed by atoms with van der Waals surface area (Å²) >= 11 is 0. The molecule has 0 spiro atoms. The third-order valence-electron chi connectivity index (χ3n) is 3.36. The number of rotatable bonds is 4. The smallest absolute Gasteiger partial charge is 0.260 e. The number of nitrogens with one attached hydrogen (secondary N) is 2. The Hall–Kier alpha value is -1.26. The van der Waals surface area contributed by atoms with E-state index in [9.17, 15) is 4.79 Å². The lowest BCUT2D eigenvalue weighted by Gasteiger charge is -2.25. The number of ether oxygens (including phenoxy) is 1. The van der Waals surface area contributed by atoms with Gasteiger partial charge in [-0.25, -0.2) is 0 Å². The van der Waals surface area contributed by atoms with Crippen LogP contribution in [0.2, 0.25) is 0 Å². The molecule has 0 saturated carbocycles. The molecule has 2 rings (SSSR count). The Labute approximate surface area is 126 Å². The second-order valence-electron chi connectivity index (χ2n) is 5.11. The van der Waals surface area contributed by atoms with Crippen LogP contribution in [0.4, 0.5) is 0 Å². The van der Waals surface area contributed by atoms with Gasteiger partial charge in [0.2, 0.25) is 0 Å². The molecule has 2 N–H and O–H groups in total. The van der Waals surface area contributed by atoms with Gasteiger partial charge in [0.1, 0.15) is 5.75 Å². The first-order valence-electron chi connectivity index (χ1n) is 6.89. The Morgan fingerprint density at radius 1 is 1.40 bits per heavy atom. The Bertz CT molecular complexity index is 434. The molecule has 112 valence electrons. The fourth-order valence-corrected chi connectivity index (χ4v) is 2.23. The molecule has 1 unspecified atom stereocenters. The second-order valence-corrected chi connectivity index (χ2v) is 5.11. The molecule has 1 aliphatic rings. The van der Waals surface area contributed by atoms with Crippen molar-refractivity contribution in [1.82, 2.24) is 10.6 Å². The minimum Gasteiger partial charge on any atom is -0.481 e. The van der Waals surface area contributed by atoms with E-state index in [0.29, 0.717) is 0 Å². The fraction of sp³-hybridized carbons (Fsp3) is 0.533. The number of hydrogen-bond acceptors (Lipinski definition) is 3. The average molecular weight is 299 g/mol. The van der Waals surface area contributed by atoms with Crippen molar-refractivity contribution in [3.63, 3.8) is 0 Å². The van der Waals surface area contributed by atoms with E-state index < -0.39 is 6.10 Å². The van der Waals surface area contributed by atoms with Gasteiger partial charge in [0.25, 0.3) is 5.91 Å². The first-order valence-corrected chi connectivity index (χ1v) is 6.89. The van der Waals surface area contributed by atoms with Crippen molar-refractivity contribution in [2.24, 2.45) is 0 Å². The molecule has 0 aliphatic carbocycles. The summed E-state index contributed by atoms with van der Waals surface area (Å²) in [7, 11) is 0. The number of hydrogen-bond donors (Lipinski definition) is 2. The zero-order valence-electron chi connectivity index (χ0n) is 12.0. The Morgan fingerprint density at radius 2 is 2.10 bits per heavy atom. The number of benzene rings is 1. The zero-order valence-corrected chi connectivity index (χ0v) is 12.8. The number of aryl methyl sites for hydroxylation is 1. The first kappa shape index (κ1) is 16.8. The number of carbonyl (C=O) groups excluding carboxylic acids is 1. The molecule has 1 heterocycles. The molecule has 20 heavy (non-hydrogen) atoms. The van der Waals surface area contributed by atoms with E-state index in [0.717, 1.165) is 37.2 Å². The maximum Gasteiger partial charge on any atom is 0.260 e. The molecule has 1 atom stereocenters. The highest BCUT2D eigenvalue weighted by Gasteiger charge is 2.20. The van der Waals surface area contributed by atoms with Crippen LogP contribution in [-0.4, -0.2) is 31.1 Å².